The first-order valence-corrected chi connectivity index (χ1v) is 16.2. The molecule has 0 bridgehead atoms. The highest BCUT2D eigenvalue weighted by atomic mass is 31.2. The molecule has 0 aliphatic heterocycles. The molecule has 48 heavy (non-hydrogen) atoms. The number of hydrogen-bond donors (Lipinski definition) is 7. The highest BCUT2D eigenvalue weighted by Gasteiger charge is 2.14. The normalized spacial score (nSPS) is 12.1. The molecule has 2 aromatic carbocycles. The lowest BCUT2D eigenvalue weighted by Gasteiger charge is -2.19. The van der Waals surface area contributed by atoms with Crippen molar-refractivity contribution in [1.82, 2.24) is 39.9 Å². The van der Waals surface area contributed by atoms with Gasteiger partial charge in [-0.3, -0.25) is 4.57 Å². The molecule has 19 heteroatoms. The standard InChI is InChI=1S/C15H15N7O2.C14H16N7O2P/c1-22(10-4-2-3-8(5-10)14(23)24)7-9-6-18-13-11(19-9)12(16)20-15(17)21-13;1-24(22,23)10-4-2-8(3-5-10)17-6-9-7-18-13-11(19-9)12(15)20-14(16)21-13/h2-6H,7H2,1H3,(H,23,24)(H4,16,17,18,20,21);2-5,7,17H,6H2,1H3,(H,22,23)(H4,15,16,18,20,21). The molecule has 0 aliphatic rings. The van der Waals surface area contributed by atoms with Gasteiger partial charge in [-0.1, -0.05) is 6.07 Å². The van der Waals surface area contributed by atoms with Crippen LogP contribution >= 0.6 is 7.37 Å². The Morgan fingerprint density at radius 1 is 0.833 bits per heavy atom. The zero-order chi connectivity index (χ0) is 34.6. The number of aromatic carboxylic acids is 1. The van der Waals surface area contributed by atoms with Gasteiger partial charge in [0.2, 0.25) is 19.3 Å². The van der Waals surface area contributed by atoms with Crippen LogP contribution in [0.25, 0.3) is 22.3 Å². The highest BCUT2D eigenvalue weighted by Crippen LogP contribution is 2.34. The number of anilines is 6. The summed E-state index contributed by atoms with van der Waals surface area (Å²) in [6, 6.07) is 13.3. The molecule has 4 heterocycles. The van der Waals surface area contributed by atoms with Crippen LogP contribution in [-0.4, -0.2) is 69.6 Å². The van der Waals surface area contributed by atoms with Crippen molar-refractivity contribution >= 4 is 75.9 Å². The van der Waals surface area contributed by atoms with Crippen molar-refractivity contribution in [3.8, 4) is 0 Å². The average Bonchev–Trinajstić information content (AvgIpc) is 3.04. The van der Waals surface area contributed by atoms with E-state index in [1.807, 2.05) is 18.0 Å². The molecule has 18 nitrogen and oxygen atoms in total. The minimum atomic E-state index is -3.24. The van der Waals surface area contributed by atoms with Crippen molar-refractivity contribution in [1.29, 1.82) is 0 Å². The number of benzene rings is 2. The summed E-state index contributed by atoms with van der Waals surface area (Å²) in [5.74, 6) is -0.527. The number of aromatic nitrogens is 8. The number of nitrogens with zero attached hydrogens (tertiary/aromatic N) is 9. The molecular formula is C29H31N14O4P. The summed E-state index contributed by atoms with van der Waals surface area (Å²) in [6.45, 7) is 2.12. The average molecular weight is 671 g/mol. The van der Waals surface area contributed by atoms with E-state index in [2.05, 4.69) is 45.2 Å². The second-order valence-corrected chi connectivity index (χ2v) is 12.8. The van der Waals surface area contributed by atoms with Gasteiger partial charge in [0.1, 0.15) is 0 Å². The van der Waals surface area contributed by atoms with Crippen molar-refractivity contribution in [3.63, 3.8) is 0 Å². The maximum Gasteiger partial charge on any atom is 0.335 e. The number of rotatable bonds is 8. The largest absolute Gasteiger partial charge is 0.478 e. The number of carboxylic acids is 1. The van der Waals surface area contributed by atoms with Crippen molar-refractivity contribution in [2.75, 3.05) is 46.9 Å². The van der Waals surface area contributed by atoms with Crippen LogP contribution in [-0.2, 0) is 17.7 Å². The van der Waals surface area contributed by atoms with Gasteiger partial charge in [0.25, 0.3) is 0 Å². The summed E-state index contributed by atoms with van der Waals surface area (Å²) in [5, 5.41) is 12.6. The van der Waals surface area contributed by atoms with Crippen LogP contribution in [0.15, 0.2) is 60.9 Å². The summed E-state index contributed by atoms with van der Waals surface area (Å²) < 4.78 is 11.6. The van der Waals surface area contributed by atoms with Gasteiger partial charge in [-0.15, -0.1) is 0 Å². The van der Waals surface area contributed by atoms with E-state index in [4.69, 9.17) is 28.0 Å². The minimum absolute atomic E-state index is 0.0460. The number of fused-ring (bicyclic) bond motifs is 2. The van der Waals surface area contributed by atoms with E-state index >= 15 is 0 Å². The fourth-order valence-corrected chi connectivity index (χ4v) is 5.09. The quantitative estimate of drug-likeness (QED) is 0.113. The molecule has 1 unspecified atom stereocenters. The van der Waals surface area contributed by atoms with E-state index in [1.165, 1.54) is 12.7 Å². The number of carboxylic acid groups (broad SMARTS) is 1. The molecule has 6 aromatic rings. The second-order valence-electron chi connectivity index (χ2n) is 10.5. The monoisotopic (exact) mass is 670 g/mol. The van der Waals surface area contributed by atoms with E-state index in [0.717, 1.165) is 11.4 Å². The van der Waals surface area contributed by atoms with Gasteiger partial charge in [-0.25, -0.2) is 24.7 Å². The first kappa shape index (κ1) is 33.1. The van der Waals surface area contributed by atoms with E-state index in [0.29, 0.717) is 52.1 Å². The fourth-order valence-electron chi connectivity index (χ4n) is 4.39. The molecule has 0 radical (unpaired) electrons. The van der Waals surface area contributed by atoms with Gasteiger partial charge in [0.05, 0.1) is 42.4 Å². The molecule has 6 rings (SSSR count). The maximum absolute atomic E-state index is 11.6. The summed E-state index contributed by atoms with van der Waals surface area (Å²) in [5.41, 5.74) is 27.1. The summed E-state index contributed by atoms with van der Waals surface area (Å²) in [4.78, 5) is 55.3. The lowest BCUT2D eigenvalue weighted by molar-refractivity contribution is 0.0697. The van der Waals surface area contributed by atoms with Gasteiger partial charge >= 0.3 is 5.97 Å². The van der Waals surface area contributed by atoms with Crippen LogP contribution in [0.1, 0.15) is 21.7 Å². The highest BCUT2D eigenvalue weighted by molar-refractivity contribution is 7.65. The summed E-state index contributed by atoms with van der Waals surface area (Å²) >= 11 is 0. The zero-order valence-corrected chi connectivity index (χ0v) is 26.6. The first-order valence-electron chi connectivity index (χ1n) is 14.1. The zero-order valence-electron chi connectivity index (χ0n) is 25.7. The van der Waals surface area contributed by atoms with Gasteiger partial charge in [-0.05, 0) is 42.5 Å². The van der Waals surface area contributed by atoms with Gasteiger partial charge in [-0.2, -0.15) is 19.9 Å². The molecule has 11 N–H and O–H groups in total. The van der Waals surface area contributed by atoms with Gasteiger partial charge < -0.3 is 43.2 Å². The topological polar surface area (TPSA) is 297 Å². The fraction of sp³-hybridized carbons (Fsp3) is 0.138. The van der Waals surface area contributed by atoms with Gasteiger partial charge in [0, 0.05) is 30.4 Å². The van der Waals surface area contributed by atoms with Crippen LogP contribution in [0.3, 0.4) is 0 Å². The Kier molecular flexibility index (Phi) is 9.39. The third-order valence-electron chi connectivity index (χ3n) is 6.76. The number of carbonyl (C=O) groups is 1. The molecule has 4 aromatic heterocycles. The van der Waals surface area contributed by atoms with Crippen molar-refractivity contribution < 1.29 is 19.4 Å². The molecule has 0 spiro atoms. The Hall–Kier alpha value is -6.26. The third kappa shape index (κ3) is 7.93. The van der Waals surface area contributed by atoms with Crippen LogP contribution in [0.4, 0.5) is 34.9 Å². The van der Waals surface area contributed by atoms with E-state index in [9.17, 15) is 14.3 Å². The molecule has 0 aliphatic carbocycles. The smallest absolute Gasteiger partial charge is 0.335 e. The molecule has 1 atom stereocenters. The predicted molar refractivity (Wildman–Crippen MR) is 183 cm³/mol. The molecule has 246 valence electrons. The van der Waals surface area contributed by atoms with E-state index in [-0.39, 0.29) is 29.1 Å². The Balaban J connectivity index is 0.000000188. The second kappa shape index (κ2) is 13.6. The van der Waals surface area contributed by atoms with Crippen LogP contribution in [0, 0.1) is 0 Å². The summed E-state index contributed by atoms with van der Waals surface area (Å²) in [7, 11) is -1.41. The number of nitrogens with two attached hydrogens (primary N) is 4. The molecule has 0 fully saturated rings. The molecule has 0 saturated carbocycles. The van der Waals surface area contributed by atoms with Crippen molar-refractivity contribution in [3.05, 3.63) is 77.9 Å². The number of nitrogen functional groups attached to an aromatic ring is 4. The molecule has 0 saturated heterocycles. The SMILES string of the molecule is CN(Cc1cnc2nc(N)nc(N)c2n1)c1cccc(C(=O)O)c1.CP(=O)(O)c1ccc(NCc2cnc3nc(N)nc(N)c3n2)cc1. The Labute approximate surface area is 272 Å². The van der Waals surface area contributed by atoms with Crippen molar-refractivity contribution in [2.45, 2.75) is 13.1 Å². The van der Waals surface area contributed by atoms with Crippen LogP contribution in [0.2, 0.25) is 0 Å². The Bertz CT molecular complexity index is 2180. The van der Waals surface area contributed by atoms with Gasteiger partial charge in [0.15, 0.2) is 34.0 Å². The lowest BCUT2D eigenvalue weighted by atomic mass is 10.2. The van der Waals surface area contributed by atoms with Crippen LogP contribution < -0.4 is 38.5 Å². The minimum Gasteiger partial charge on any atom is -0.478 e. The lowest BCUT2D eigenvalue weighted by Crippen LogP contribution is -2.18. The maximum atomic E-state index is 11.6. The van der Waals surface area contributed by atoms with Crippen molar-refractivity contribution in [2.24, 2.45) is 0 Å². The summed E-state index contributed by atoms with van der Waals surface area (Å²) in [6.07, 6.45) is 3.15. The van der Waals surface area contributed by atoms with E-state index in [1.54, 1.807) is 48.8 Å². The Morgan fingerprint density at radius 2 is 1.40 bits per heavy atom. The number of nitrogens with one attached hydrogen (secondary N) is 1. The molecule has 0 amide bonds. The first-order chi connectivity index (χ1) is 22.8. The molecular weight excluding hydrogens is 639 g/mol. The van der Waals surface area contributed by atoms with Crippen LogP contribution in [0.5, 0.6) is 0 Å². The van der Waals surface area contributed by atoms with E-state index < -0.39 is 13.3 Å². The Morgan fingerprint density at radius 3 is 1.96 bits per heavy atom. The third-order valence-corrected chi connectivity index (χ3v) is 8.01. The predicted octanol–water partition coefficient (Wildman–Crippen LogP) is 1.64. The number of hydrogen-bond acceptors (Lipinski definition) is 16.